The summed E-state index contributed by atoms with van der Waals surface area (Å²) in [6, 6.07) is 16.3. The SMILES string of the molecule is CC(C)c1ccc(C(C)c2cc(C(C)C)ccc2C(C)C)cc1. The fourth-order valence-electron chi connectivity index (χ4n) is 3.20. The summed E-state index contributed by atoms with van der Waals surface area (Å²) in [6.45, 7) is 16.0. The Hall–Kier alpha value is -1.56. The van der Waals surface area contributed by atoms with E-state index in [1.165, 1.54) is 27.8 Å². The normalized spacial score (nSPS) is 13.1. The molecule has 0 aromatic heterocycles. The summed E-state index contributed by atoms with van der Waals surface area (Å²) in [7, 11) is 0. The van der Waals surface area contributed by atoms with Crippen LogP contribution in [0.3, 0.4) is 0 Å². The highest BCUT2D eigenvalue weighted by Crippen LogP contribution is 2.33. The molecule has 0 radical (unpaired) electrons. The molecule has 0 heteroatoms. The molecule has 0 N–H and O–H groups in total. The Morgan fingerprint density at radius 1 is 0.478 bits per heavy atom. The molecule has 0 heterocycles. The quantitative estimate of drug-likeness (QED) is 0.547. The molecule has 0 fully saturated rings. The van der Waals surface area contributed by atoms with E-state index in [-0.39, 0.29) is 0 Å². The standard InChI is InChI=1S/C23H32/c1-15(2)19-8-10-20(11-9-19)18(7)23-14-21(16(3)4)12-13-22(23)17(5)6/h8-18H,1-7H3. The molecule has 23 heavy (non-hydrogen) atoms. The van der Waals surface area contributed by atoms with Crippen molar-refractivity contribution in [3.63, 3.8) is 0 Å². The predicted molar refractivity (Wildman–Crippen MR) is 103 cm³/mol. The first-order valence-electron chi connectivity index (χ1n) is 9.04. The van der Waals surface area contributed by atoms with Gasteiger partial charge in [0, 0.05) is 5.92 Å². The van der Waals surface area contributed by atoms with E-state index in [4.69, 9.17) is 0 Å². The molecule has 0 spiro atoms. The molecule has 0 bridgehead atoms. The second-order valence-corrected chi connectivity index (χ2v) is 7.74. The van der Waals surface area contributed by atoms with Crippen molar-refractivity contribution in [2.24, 2.45) is 0 Å². The molecule has 124 valence electrons. The largest absolute Gasteiger partial charge is 0.0587 e. The van der Waals surface area contributed by atoms with Crippen molar-refractivity contribution >= 4 is 0 Å². The second kappa shape index (κ2) is 7.34. The van der Waals surface area contributed by atoms with E-state index >= 15 is 0 Å². The summed E-state index contributed by atoms with van der Waals surface area (Å²) in [5, 5.41) is 0. The van der Waals surface area contributed by atoms with Crippen molar-refractivity contribution in [3.8, 4) is 0 Å². The Bertz CT molecular complexity index is 630. The van der Waals surface area contributed by atoms with Crippen molar-refractivity contribution in [2.45, 2.75) is 72.1 Å². The van der Waals surface area contributed by atoms with E-state index in [1.807, 2.05) is 0 Å². The summed E-state index contributed by atoms with van der Waals surface area (Å²) >= 11 is 0. The lowest BCUT2D eigenvalue weighted by Crippen LogP contribution is -2.05. The first-order valence-corrected chi connectivity index (χ1v) is 9.04. The van der Waals surface area contributed by atoms with Crippen LogP contribution in [0.4, 0.5) is 0 Å². The topological polar surface area (TPSA) is 0 Å². The van der Waals surface area contributed by atoms with E-state index in [0.29, 0.717) is 23.7 Å². The van der Waals surface area contributed by atoms with Crippen LogP contribution in [-0.4, -0.2) is 0 Å². The molecule has 2 aromatic carbocycles. The number of benzene rings is 2. The summed E-state index contributed by atoms with van der Waals surface area (Å²) < 4.78 is 0. The zero-order valence-corrected chi connectivity index (χ0v) is 15.9. The Kier molecular flexibility index (Phi) is 5.68. The van der Waals surface area contributed by atoms with Crippen LogP contribution in [0.15, 0.2) is 42.5 Å². The lowest BCUT2D eigenvalue weighted by molar-refractivity contribution is 0.795. The smallest absolute Gasteiger partial charge is 0.00639 e. The molecule has 0 aliphatic rings. The summed E-state index contributed by atoms with van der Waals surface area (Å²) in [5.41, 5.74) is 7.24. The highest BCUT2D eigenvalue weighted by molar-refractivity contribution is 5.42. The van der Waals surface area contributed by atoms with Gasteiger partial charge in [-0.05, 0) is 45.6 Å². The van der Waals surface area contributed by atoms with Crippen LogP contribution < -0.4 is 0 Å². The third-order valence-electron chi connectivity index (χ3n) is 4.97. The first kappa shape index (κ1) is 17.8. The minimum Gasteiger partial charge on any atom is -0.0587 e. The van der Waals surface area contributed by atoms with Gasteiger partial charge in [-0.1, -0.05) is 90.9 Å². The molecule has 0 nitrogen and oxygen atoms in total. The summed E-state index contributed by atoms with van der Waals surface area (Å²) in [4.78, 5) is 0. The Labute approximate surface area is 143 Å². The van der Waals surface area contributed by atoms with Crippen LogP contribution in [-0.2, 0) is 0 Å². The molecule has 2 rings (SSSR count). The van der Waals surface area contributed by atoms with Crippen LogP contribution in [0.2, 0.25) is 0 Å². The highest BCUT2D eigenvalue weighted by atomic mass is 14.2. The number of hydrogen-bond donors (Lipinski definition) is 0. The van der Waals surface area contributed by atoms with Gasteiger partial charge in [-0.25, -0.2) is 0 Å². The van der Waals surface area contributed by atoms with Gasteiger partial charge in [0.15, 0.2) is 0 Å². The lowest BCUT2D eigenvalue weighted by Gasteiger charge is -2.22. The minimum absolute atomic E-state index is 0.437. The third-order valence-corrected chi connectivity index (χ3v) is 4.97. The maximum atomic E-state index is 2.43. The van der Waals surface area contributed by atoms with Gasteiger partial charge in [0.05, 0.1) is 0 Å². The van der Waals surface area contributed by atoms with Crippen LogP contribution in [0.5, 0.6) is 0 Å². The van der Waals surface area contributed by atoms with Crippen molar-refractivity contribution < 1.29 is 0 Å². The second-order valence-electron chi connectivity index (χ2n) is 7.74. The third kappa shape index (κ3) is 4.05. The molecule has 0 aliphatic carbocycles. The Balaban J connectivity index is 2.43. The van der Waals surface area contributed by atoms with Gasteiger partial charge in [-0.15, -0.1) is 0 Å². The van der Waals surface area contributed by atoms with E-state index < -0.39 is 0 Å². The average Bonchev–Trinajstić information content (AvgIpc) is 2.53. The molecule has 0 saturated heterocycles. The van der Waals surface area contributed by atoms with Gasteiger partial charge >= 0.3 is 0 Å². The van der Waals surface area contributed by atoms with Crippen LogP contribution in [0, 0.1) is 0 Å². The Morgan fingerprint density at radius 2 is 0.957 bits per heavy atom. The molecular weight excluding hydrogens is 276 g/mol. The van der Waals surface area contributed by atoms with Gasteiger partial charge in [0.1, 0.15) is 0 Å². The summed E-state index contributed by atoms with van der Waals surface area (Å²) in [6.07, 6.45) is 0. The monoisotopic (exact) mass is 308 g/mol. The van der Waals surface area contributed by atoms with E-state index in [0.717, 1.165) is 0 Å². The van der Waals surface area contributed by atoms with E-state index in [2.05, 4.69) is 90.9 Å². The van der Waals surface area contributed by atoms with Crippen LogP contribution >= 0.6 is 0 Å². The summed E-state index contributed by atoms with van der Waals surface area (Å²) in [5.74, 6) is 2.16. The highest BCUT2D eigenvalue weighted by Gasteiger charge is 2.16. The lowest BCUT2D eigenvalue weighted by atomic mass is 9.83. The molecule has 0 saturated carbocycles. The van der Waals surface area contributed by atoms with Gasteiger partial charge in [-0.3, -0.25) is 0 Å². The number of hydrogen-bond acceptors (Lipinski definition) is 0. The molecule has 0 amide bonds. The molecule has 2 aromatic rings. The number of rotatable bonds is 5. The molecule has 1 atom stereocenters. The maximum absolute atomic E-state index is 2.43. The van der Waals surface area contributed by atoms with E-state index in [9.17, 15) is 0 Å². The molecule has 0 aliphatic heterocycles. The van der Waals surface area contributed by atoms with Crippen molar-refractivity contribution in [3.05, 3.63) is 70.3 Å². The van der Waals surface area contributed by atoms with Crippen molar-refractivity contribution in [1.82, 2.24) is 0 Å². The fourth-order valence-corrected chi connectivity index (χ4v) is 3.20. The molecular formula is C23H32. The van der Waals surface area contributed by atoms with Gasteiger partial charge in [0.2, 0.25) is 0 Å². The van der Waals surface area contributed by atoms with Gasteiger partial charge in [-0.2, -0.15) is 0 Å². The van der Waals surface area contributed by atoms with Crippen molar-refractivity contribution in [1.29, 1.82) is 0 Å². The maximum Gasteiger partial charge on any atom is 0.00639 e. The zero-order chi connectivity index (χ0) is 17.1. The van der Waals surface area contributed by atoms with E-state index in [1.54, 1.807) is 0 Å². The molecule has 1 unspecified atom stereocenters. The zero-order valence-electron chi connectivity index (χ0n) is 15.9. The first-order chi connectivity index (χ1) is 10.8. The van der Waals surface area contributed by atoms with Crippen LogP contribution in [0.1, 0.15) is 100.0 Å². The van der Waals surface area contributed by atoms with Crippen LogP contribution in [0.25, 0.3) is 0 Å². The Morgan fingerprint density at radius 3 is 1.43 bits per heavy atom. The average molecular weight is 309 g/mol. The van der Waals surface area contributed by atoms with Gasteiger partial charge in [0.25, 0.3) is 0 Å². The van der Waals surface area contributed by atoms with Crippen molar-refractivity contribution in [2.75, 3.05) is 0 Å². The van der Waals surface area contributed by atoms with Gasteiger partial charge < -0.3 is 0 Å². The predicted octanol–water partition coefficient (Wildman–Crippen LogP) is 7.21. The fraction of sp³-hybridized carbons (Fsp3) is 0.478. The minimum atomic E-state index is 0.437.